The number of hydrogen-bond donors (Lipinski definition) is 0. The molecule has 0 unspecified atom stereocenters. The molecule has 19 heavy (non-hydrogen) atoms. The number of carbonyl (C=O) groups is 1. The first-order valence-corrected chi connectivity index (χ1v) is 6.77. The first-order valence-electron chi connectivity index (χ1n) is 5.89. The molecule has 0 aliphatic heterocycles. The van der Waals surface area contributed by atoms with Crippen LogP contribution in [0.15, 0.2) is 23.7 Å². The minimum Gasteiger partial charge on any atom is -0.336 e. The van der Waals surface area contributed by atoms with Crippen LogP contribution in [0.3, 0.4) is 0 Å². The number of hydrogen-bond acceptors (Lipinski definition) is 3. The average molecular weight is 278 g/mol. The van der Waals surface area contributed by atoms with Gasteiger partial charge in [-0.1, -0.05) is 11.6 Å². The number of carbonyl (C=O) groups excluding carboxylic acids is 1. The second-order valence-electron chi connectivity index (χ2n) is 4.51. The Hall–Kier alpha value is -1.75. The summed E-state index contributed by atoms with van der Waals surface area (Å²) in [5.41, 5.74) is 3.64. The molecule has 0 aliphatic rings. The lowest BCUT2D eigenvalue weighted by Gasteiger charge is -2.17. The van der Waals surface area contributed by atoms with E-state index in [1.54, 1.807) is 24.7 Å². The van der Waals surface area contributed by atoms with Gasteiger partial charge in [-0.3, -0.25) is 4.79 Å². The van der Waals surface area contributed by atoms with Gasteiger partial charge in [0, 0.05) is 11.9 Å². The summed E-state index contributed by atoms with van der Waals surface area (Å²) in [6.07, 6.45) is 0. The summed E-state index contributed by atoms with van der Waals surface area (Å²) in [7, 11) is 1.67. The molecule has 5 heteroatoms. The van der Waals surface area contributed by atoms with Crippen LogP contribution in [0.25, 0.3) is 0 Å². The fourth-order valence-corrected chi connectivity index (χ4v) is 2.60. The van der Waals surface area contributed by atoms with Crippen molar-refractivity contribution in [3.63, 3.8) is 0 Å². The van der Waals surface area contributed by atoms with Gasteiger partial charge in [-0.15, -0.1) is 11.3 Å². The first-order chi connectivity index (χ1) is 8.99. The molecule has 0 N–H and O–H groups in total. The Morgan fingerprint density at radius 3 is 2.79 bits per heavy atom. The fraction of sp³-hybridized carbons (Fsp3) is 0.286. The van der Waals surface area contributed by atoms with Gasteiger partial charge in [-0.2, -0.15) is 0 Å². The van der Waals surface area contributed by atoms with E-state index in [0.29, 0.717) is 6.54 Å². The number of thiazole rings is 1. The van der Waals surface area contributed by atoms with E-state index in [0.717, 1.165) is 16.1 Å². The lowest BCUT2D eigenvalue weighted by Crippen LogP contribution is -2.27. The summed E-state index contributed by atoms with van der Waals surface area (Å²) in [6.45, 7) is 4.18. The molecule has 0 bridgehead atoms. The zero-order valence-corrected chi connectivity index (χ0v) is 11.9. The molecule has 3 nitrogen and oxygen atoms in total. The summed E-state index contributed by atoms with van der Waals surface area (Å²) in [6, 6.07) is 4.56. The molecule has 2 aromatic rings. The smallest absolute Gasteiger partial charge is 0.256 e. The second-order valence-corrected chi connectivity index (χ2v) is 5.44. The van der Waals surface area contributed by atoms with Crippen LogP contribution in [0.4, 0.5) is 4.39 Å². The Bertz CT molecular complexity index is 609. The molecule has 0 saturated carbocycles. The Kier molecular flexibility index (Phi) is 3.95. The number of amides is 1. The summed E-state index contributed by atoms with van der Waals surface area (Å²) >= 11 is 1.50. The molecule has 100 valence electrons. The number of benzene rings is 1. The Morgan fingerprint density at radius 1 is 1.42 bits per heavy atom. The Labute approximate surface area is 115 Å². The van der Waals surface area contributed by atoms with Crippen LogP contribution in [0.1, 0.15) is 26.5 Å². The molecule has 1 amide bonds. The van der Waals surface area contributed by atoms with Crippen LogP contribution >= 0.6 is 11.3 Å². The normalized spacial score (nSPS) is 10.5. The lowest BCUT2D eigenvalue weighted by molar-refractivity contribution is 0.0781. The quantitative estimate of drug-likeness (QED) is 0.864. The molecule has 1 aromatic heterocycles. The van der Waals surface area contributed by atoms with E-state index in [4.69, 9.17) is 0 Å². The fourth-order valence-electron chi connectivity index (χ4n) is 1.77. The molecule has 1 heterocycles. The van der Waals surface area contributed by atoms with Crippen molar-refractivity contribution in [2.24, 2.45) is 0 Å². The molecule has 0 aliphatic carbocycles. The molecule has 0 saturated heterocycles. The molecule has 1 aromatic carbocycles. The molecule has 0 spiro atoms. The number of rotatable bonds is 3. The summed E-state index contributed by atoms with van der Waals surface area (Å²) in [5, 5.41) is 0. The monoisotopic (exact) mass is 278 g/mol. The summed E-state index contributed by atoms with van der Waals surface area (Å²) < 4.78 is 13.7. The van der Waals surface area contributed by atoms with Gasteiger partial charge in [0.25, 0.3) is 5.91 Å². The minimum atomic E-state index is -0.483. The minimum absolute atomic E-state index is 0.115. The van der Waals surface area contributed by atoms with Crippen molar-refractivity contribution in [1.29, 1.82) is 0 Å². The third-order valence-corrected chi connectivity index (χ3v) is 3.84. The number of aromatic nitrogens is 1. The van der Waals surface area contributed by atoms with Gasteiger partial charge in [-0.25, -0.2) is 9.37 Å². The van der Waals surface area contributed by atoms with Crippen molar-refractivity contribution in [3.05, 3.63) is 51.2 Å². The van der Waals surface area contributed by atoms with E-state index in [1.807, 2.05) is 13.8 Å². The summed E-state index contributed by atoms with van der Waals surface area (Å²) in [4.78, 5) is 18.9. The maximum atomic E-state index is 13.7. The summed E-state index contributed by atoms with van der Waals surface area (Å²) in [5.74, 6) is -0.794. The topological polar surface area (TPSA) is 33.2 Å². The van der Waals surface area contributed by atoms with Crippen LogP contribution in [0, 0.1) is 19.7 Å². The van der Waals surface area contributed by atoms with E-state index in [9.17, 15) is 9.18 Å². The molecule has 0 fully saturated rings. The third kappa shape index (κ3) is 2.98. The third-order valence-electron chi connectivity index (χ3n) is 2.92. The number of aryl methyl sites for hydroxylation is 2. The van der Waals surface area contributed by atoms with Gasteiger partial charge in [0.1, 0.15) is 5.82 Å². The van der Waals surface area contributed by atoms with Crippen molar-refractivity contribution in [1.82, 2.24) is 9.88 Å². The van der Waals surface area contributed by atoms with E-state index in [2.05, 4.69) is 4.98 Å². The van der Waals surface area contributed by atoms with Gasteiger partial charge in [0.15, 0.2) is 0 Å². The standard InChI is InChI=1S/C14H15FN2OS/c1-9-4-5-12(15)11(6-9)14(18)17(3)7-13-10(2)16-8-19-13/h4-6,8H,7H2,1-3H3. The average Bonchev–Trinajstić information content (AvgIpc) is 2.77. The first kappa shape index (κ1) is 13.7. The molecular weight excluding hydrogens is 263 g/mol. The van der Waals surface area contributed by atoms with E-state index < -0.39 is 5.82 Å². The van der Waals surface area contributed by atoms with E-state index in [1.165, 1.54) is 22.3 Å². The van der Waals surface area contributed by atoms with Gasteiger partial charge < -0.3 is 4.90 Å². The predicted octanol–water partition coefficient (Wildman–Crippen LogP) is 3.17. The van der Waals surface area contributed by atoms with Crippen LogP contribution in [-0.2, 0) is 6.54 Å². The molecule has 2 rings (SSSR count). The number of halogens is 1. The number of nitrogens with zero attached hydrogens (tertiary/aromatic N) is 2. The van der Waals surface area contributed by atoms with E-state index in [-0.39, 0.29) is 11.5 Å². The largest absolute Gasteiger partial charge is 0.336 e. The van der Waals surface area contributed by atoms with Gasteiger partial charge in [0.2, 0.25) is 0 Å². The maximum Gasteiger partial charge on any atom is 0.256 e. The highest BCUT2D eigenvalue weighted by atomic mass is 32.1. The lowest BCUT2D eigenvalue weighted by atomic mass is 10.1. The van der Waals surface area contributed by atoms with Crippen molar-refractivity contribution in [3.8, 4) is 0 Å². The van der Waals surface area contributed by atoms with Gasteiger partial charge in [0.05, 0.1) is 23.3 Å². The van der Waals surface area contributed by atoms with Crippen molar-refractivity contribution < 1.29 is 9.18 Å². The van der Waals surface area contributed by atoms with Gasteiger partial charge >= 0.3 is 0 Å². The van der Waals surface area contributed by atoms with Crippen molar-refractivity contribution >= 4 is 17.2 Å². The highest BCUT2D eigenvalue weighted by Gasteiger charge is 2.17. The zero-order chi connectivity index (χ0) is 14.0. The molecule has 0 radical (unpaired) electrons. The van der Waals surface area contributed by atoms with Crippen LogP contribution in [0.5, 0.6) is 0 Å². The van der Waals surface area contributed by atoms with Crippen LogP contribution < -0.4 is 0 Å². The second kappa shape index (κ2) is 5.48. The molecule has 0 atom stereocenters. The van der Waals surface area contributed by atoms with E-state index >= 15 is 0 Å². The van der Waals surface area contributed by atoms with Crippen molar-refractivity contribution in [2.75, 3.05) is 7.05 Å². The van der Waals surface area contributed by atoms with Gasteiger partial charge in [-0.05, 0) is 26.0 Å². The highest BCUT2D eigenvalue weighted by Crippen LogP contribution is 2.17. The van der Waals surface area contributed by atoms with Crippen LogP contribution in [-0.4, -0.2) is 22.8 Å². The Balaban J connectivity index is 2.19. The maximum absolute atomic E-state index is 13.7. The SMILES string of the molecule is Cc1ccc(F)c(C(=O)N(C)Cc2scnc2C)c1. The zero-order valence-electron chi connectivity index (χ0n) is 11.1. The molecular formula is C14H15FN2OS. The highest BCUT2D eigenvalue weighted by molar-refractivity contribution is 7.09. The predicted molar refractivity (Wildman–Crippen MR) is 73.8 cm³/mol. The Morgan fingerprint density at radius 2 is 2.16 bits per heavy atom. The van der Waals surface area contributed by atoms with Crippen LogP contribution in [0.2, 0.25) is 0 Å². The van der Waals surface area contributed by atoms with Crippen molar-refractivity contribution in [2.45, 2.75) is 20.4 Å².